The maximum atomic E-state index is 13.5. The van der Waals surface area contributed by atoms with Crippen LogP contribution in [-0.4, -0.2) is 8.42 Å². The van der Waals surface area contributed by atoms with Crippen molar-refractivity contribution in [2.24, 2.45) is 0 Å². The molecule has 2 aromatic rings. The van der Waals surface area contributed by atoms with Gasteiger partial charge in [0.2, 0.25) is 10.0 Å². The van der Waals surface area contributed by atoms with Crippen LogP contribution in [0.15, 0.2) is 42.5 Å². The van der Waals surface area contributed by atoms with Crippen molar-refractivity contribution in [1.82, 2.24) is 0 Å². The molecule has 0 radical (unpaired) electrons. The average Bonchev–Trinajstić information content (AvgIpc) is 2.36. The Morgan fingerprint density at radius 3 is 2.45 bits per heavy atom. The van der Waals surface area contributed by atoms with Crippen molar-refractivity contribution in [3.8, 4) is 0 Å². The van der Waals surface area contributed by atoms with Crippen LogP contribution >= 0.6 is 11.6 Å². The smallest absolute Gasteiger partial charge is 0.237 e. The van der Waals surface area contributed by atoms with Gasteiger partial charge in [-0.1, -0.05) is 29.8 Å². The van der Waals surface area contributed by atoms with E-state index < -0.39 is 15.8 Å². The summed E-state index contributed by atoms with van der Waals surface area (Å²) in [6, 6.07) is 10.7. The molecule has 0 spiro atoms. The van der Waals surface area contributed by atoms with Gasteiger partial charge in [-0.05, 0) is 42.3 Å². The Morgan fingerprint density at radius 1 is 1.15 bits per heavy atom. The Kier molecular flexibility index (Phi) is 4.30. The number of halogens is 2. The van der Waals surface area contributed by atoms with E-state index in [-0.39, 0.29) is 11.4 Å². The molecule has 0 heterocycles. The maximum absolute atomic E-state index is 13.5. The maximum Gasteiger partial charge on any atom is 0.237 e. The third-order valence-corrected chi connectivity index (χ3v) is 4.15. The Labute approximate surface area is 122 Å². The van der Waals surface area contributed by atoms with Crippen molar-refractivity contribution in [2.45, 2.75) is 12.7 Å². The van der Waals surface area contributed by atoms with E-state index in [2.05, 4.69) is 4.72 Å². The fraction of sp³-hybridized carbons (Fsp3) is 0.143. The molecule has 106 valence electrons. The van der Waals surface area contributed by atoms with E-state index >= 15 is 0 Å². The molecule has 1 N–H and O–H groups in total. The van der Waals surface area contributed by atoms with E-state index in [0.717, 1.165) is 5.56 Å². The normalized spacial score (nSPS) is 11.3. The summed E-state index contributed by atoms with van der Waals surface area (Å²) in [7, 11) is -3.67. The van der Waals surface area contributed by atoms with Crippen LogP contribution in [0.4, 0.5) is 10.1 Å². The lowest BCUT2D eigenvalue weighted by molar-refractivity contribution is 0.598. The predicted octanol–water partition coefficient (Wildman–Crippen LogP) is 3.73. The van der Waals surface area contributed by atoms with Crippen molar-refractivity contribution in [3.05, 3.63) is 64.4 Å². The van der Waals surface area contributed by atoms with Gasteiger partial charge in [0.05, 0.1) is 11.4 Å². The molecule has 3 nitrogen and oxygen atoms in total. The molecule has 0 unspecified atom stereocenters. The molecule has 6 heteroatoms. The Morgan fingerprint density at radius 2 is 1.80 bits per heavy atom. The zero-order valence-electron chi connectivity index (χ0n) is 10.7. The van der Waals surface area contributed by atoms with E-state index in [9.17, 15) is 12.8 Å². The average molecular weight is 314 g/mol. The Bertz CT molecular complexity index is 714. The fourth-order valence-corrected chi connectivity index (χ4v) is 3.04. The van der Waals surface area contributed by atoms with Gasteiger partial charge >= 0.3 is 0 Å². The van der Waals surface area contributed by atoms with Gasteiger partial charge in [0.25, 0.3) is 0 Å². The molecular formula is C14H13ClFNO2S. The lowest BCUT2D eigenvalue weighted by Gasteiger charge is -2.09. The van der Waals surface area contributed by atoms with Crippen LogP contribution in [0.25, 0.3) is 0 Å². The molecule has 0 bridgehead atoms. The van der Waals surface area contributed by atoms with Crippen LogP contribution < -0.4 is 4.72 Å². The largest absolute Gasteiger partial charge is 0.280 e. The summed E-state index contributed by atoms with van der Waals surface area (Å²) in [6.45, 7) is 1.76. The minimum atomic E-state index is -3.67. The highest BCUT2D eigenvalue weighted by molar-refractivity contribution is 7.91. The van der Waals surface area contributed by atoms with Gasteiger partial charge in [0.15, 0.2) is 0 Å². The summed E-state index contributed by atoms with van der Waals surface area (Å²) < 4.78 is 39.8. The van der Waals surface area contributed by atoms with Crippen LogP contribution in [0.2, 0.25) is 5.02 Å². The van der Waals surface area contributed by atoms with Crippen molar-refractivity contribution < 1.29 is 12.8 Å². The van der Waals surface area contributed by atoms with Crippen molar-refractivity contribution >= 4 is 27.3 Å². The van der Waals surface area contributed by atoms with Crippen LogP contribution in [0, 0.1) is 12.7 Å². The number of sulfonamides is 1. The predicted molar refractivity (Wildman–Crippen MR) is 78.8 cm³/mol. The number of benzene rings is 2. The fourth-order valence-electron chi connectivity index (χ4n) is 1.72. The first kappa shape index (κ1) is 14.8. The molecule has 0 aromatic heterocycles. The SMILES string of the molecule is Cc1ccc(F)c(NS(=O)(=O)Cc2ccc(Cl)cc2)c1. The summed E-state index contributed by atoms with van der Waals surface area (Å²) in [6.07, 6.45) is 0. The molecule has 20 heavy (non-hydrogen) atoms. The molecule has 0 saturated heterocycles. The van der Waals surface area contributed by atoms with Gasteiger partial charge in [-0.25, -0.2) is 12.8 Å². The second-order valence-corrected chi connectivity index (χ2v) is 6.63. The molecule has 2 aromatic carbocycles. The topological polar surface area (TPSA) is 46.2 Å². The monoisotopic (exact) mass is 313 g/mol. The molecule has 0 fully saturated rings. The number of hydrogen-bond acceptors (Lipinski definition) is 2. The molecule has 0 aliphatic rings. The second kappa shape index (κ2) is 5.81. The van der Waals surface area contributed by atoms with Crippen molar-refractivity contribution in [3.63, 3.8) is 0 Å². The molecule has 0 saturated carbocycles. The summed E-state index contributed by atoms with van der Waals surface area (Å²) in [4.78, 5) is 0. The van der Waals surface area contributed by atoms with Crippen LogP contribution in [0.5, 0.6) is 0 Å². The Hall–Kier alpha value is -1.59. The van der Waals surface area contributed by atoms with Crippen molar-refractivity contribution in [1.29, 1.82) is 0 Å². The van der Waals surface area contributed by atoms with E-state index in [4.69, 9.17) is 11.6 Å². The number of hydrogen-bond donors (Lipinski definition) is 1. The van der Waals surface area contributed by atoms with E-state index in [1.54, 1.807) is 37.3 Å². The van der Waals surface area contributed by atoms with E-state index in [0.29, 0.717) is 10.6 Å². The summed E-state index contributed by atoms with van der Waals surface area (Å²) >= 11 is 5.74. The number of anilines is 1. The minimum Gasteiger partial charge on any atom is -0.280 e. The van der Waals surface area contributed by atoms with Gasteiger partial charge in [0.1, 0.15) is 5.82 Å². The van der Waals surface area contributed by atoms with Crippen LogP contribution in [-0.2, 0) is 15.8 Å². The van der Waals surface area contributed by atoms with Gasteiger partial charge < -0.3 is 0 Å². The summed E-state index contributed by atoms with van der Waals surface area (Å²) in [5, 5.41) is 0.531. The van der Waals surface area contributed by atoms with E-state index in [1.807, 2.05) is 0 Å². The summed E-state index contributed by atoms with van der Waals surface area (Å²) in [5.74, 6) is -0.840. The highest BCUT2D eigenvalue weighted by Gasteiger charge is 2.14. The number of rotatable bonds is 4. The molecule has 2 rings (SSSR count). The number of nitrogens with one attached hydrogen (secondary N) is 1. The summed E-state index contributed by atoms with van der Waals surface area (Å²) in [5.41, 5.74) is 1.31. The lowest BCUT2D eigenvalue weighted by atomic mass is 10.2. The zero-order chi connectivity index (χ0) is 14.8. The van der Waals surface area contributed by atoms with Gasteiger partial charge in [-0.3, -0.25) is 4.72 Å². The standard InChI is InChI=1S/C14H13ClFNO2S/c1-10-2-7-13(16)14(8-10)17-20(18,19)9-11-3-5-12(15)6-4-11/h2-8,17H,9H2,1H3. The van der Waals surface area contributed by atoms with Crippen molar-refractivity contribution in [2.75, 3.05) is 4.72 Å². The third kappa shape index (κ3) is 3.95. The minimum absolute atomic E-state index is 0.0426. The van der Waals surface area contributed by atoms with Gasteiger partial charge in [-0.2, -0.15) is 0 Å². The molecule has 0 amide bonds. The molecule has 0 aliphatic carbocycles. The first-order chi connectivity index (χ1) is 9.35. The highest BCUT2D eigenvalue weighted by atomic mass is 35.5. The number of aryl methyl sites for hydroxylation is 1. The Balaban J connectivity index is 2.19. The molecule has 0 aliphatic heterocycles. The first-order valence-electron chi connectivity index (χ1n) is 5.87. The van der Waals surface area contributed by atoms with E-state index in [1.165, 1.54) is 12.1 Å². The zero-order valence-corrected chi connectivity index (χ0v) is 12.3. The molecule has 0 atom stereocenters. The first-order valence-corrected chi connectivity index (χ1v) is 7.90. The third-order valence-electron chi connectivity index (χ3n) is 2.66. The molecular weight excluding hydrogens is 301 g/mol. The van der Waals surface area contributed by atoms with Crippen LogP contribution in [0.3, 0.4) is 0 Å². The quantitative estimate of drug-likeness (QED) is 0.935. The highest BCUT2D eigenvalue weighted by Crippen LogP contribution is 2.19. The lowest BCUT2D eigenvalue weighted by Crippen LogP contribution is -2.16. The van der Waals surface area contributed by atoms with Gasteiger partial charge in [-0.15, -0.1) is 0 Å². The van der Waals surface area contributed by atoms with Gasteiger partial charge in [0, 0.05) is 5.02 Å². The van der Waals surface area contributed by atoms with Crippen LogP contribution in [0.1, 0.15) is 11.1 Å². The second-order valence-electron chi connectivity index (χ2n) is 4.47.